The highest BCUT2D eigenvalue weighted by atomic mass is 16.4. The van der Waals surface area contributed by atoms with Gasteiger partial charge in [-0.3, -0.25) is 4.79 Å². The van der Waals surface area contributed by atoms with Gasteiger partial charge in [-0.1, -0.05) is 26.2 Å². The van der Waals surface area contributed by atoms with Crippen LogP contribution < -0.4 is 5.32 Å². The predicted molar refractivity (Wildman–Crippen MR) is 58.7 cm³/mol. The Bertz CT molecular complexity index is 242. The van der Waals surface area contributed by atoms with Crippen molar-refractivity contribution in [3.63, 3.8) is 0 Å². The first-order chi connectivity index (χ1) is 7.18. The predicted octanol–water partition coefficient (Wildman–Crippen LogP) is 1.88. The molecule has 0 aromatic carbocycles. The standard InChI is InChI=1S/C12H21NO2/c1-8-3-2-4-9(7-8)10-5-6-13-11(10)12(14)15/h8-11,13H,2-7H2,1H3,(H,14,15). The smallest absolute Gasteiger partial charge is 0.320 e. The molecule has 2 rings (SSSR count). The molecule has 0 amide bonds. The van der Waals surface area contributed by atoms with Crippen LogP contribution in [0.5, 0.6) is 0 Å². The van der Waals surface area contributed by atoms with E-state index >= 15 is 0 Å². The van der Waals surface area contributed by atoms with Gasteiger partial charge in [-0.2, -0.15) is 0 Å². The molecule has 86 valence electrons. The molecular weight excluding hydrogens is 190 g/mol. The summed E-state index contributed by atoms with van der Waals surface area (Å²) in [5, 5.41) is 12.2. The van der Waals surface area contributed by atoms with E-state index in [2.05, 4.69) is 12.2 Å². The molecule has 3 nitrogen and oxygen atoms in total. The van der Waals surface area contributed by atoms with Gasteiger partial charge in [-0.25, -0.2) is 0 Å². The lowest BCUT2D eigenvalue weighted by Gasteiger charge is -2.32. The lowest BCUT2D eigenvalue weighted by atomic mass is 9.73. The first kappa shape index (κ1) is 10.9. The summed E-state index contributed by atoms with van der Waals surface area (Å²) in [5.41, 5.74) is 0. The van der Waals surface area contributed by atoms with E-state index in [1.165, 1.54) is 25.7 Å². The van der Waals surface area contributed by atoms with Crippen LogP contribution in [0.25, 0.3) is 0 Å². The summed E-state index contributed by atoms with van der Waals surface area (Å²) in [7, 11) is 0. The third-order valence-corrected chi connectivity index (χ3v) is 4.12. The maximum absolute atomic E-state index is 11.1. The quantitative estimate of drug-likeness (QED) is 0.733. The van der Waals surface area contributed by atoms with E-state index in [4.69, 9.17) is 5.11 Å². The summed E-state index contributed by atoms with van der Waals surface area (Å²) >= 11 is 0. The summed E-state index contributed by atoms with van der Waals surface area (Å²) in [6, 6.07) is -0.278. The number of carbonyl (C=O) groups is 1. The van der Waals surface area contributed by atoms with Crippen molar-refractivity contribution in [3.05, 3.63) is 0 Å². The van der Waals surface area contributed by atoms with Crippen molar-refractivity contribution in [2.75, 3.05) is 6.54 Å². The van der Waals surface area contributed by atoms with E-state index in [0.717, 1.165) is 18.9 Å². The monoisotopic (exact) mass is 211 g/mol. The van der Waals surface area contributed by atoms with Gasteiger partial charge in [0.05, 0.1) is 0 Å². The Hall–Kier alpha value is -0.570. The molecule has 0 aromatic rings. The molecule has 4 atom stereocenters. The molecule has 1 saturated heterocycles. The number of rotatable bonds is 2. The second-order valence-corrected chi connectivity index (χ2v) is 5.25. The molecule has 0 bridgehead atoms. The number of hydrogen-bond donors (Lipinski definition) is 2. The Labute approximate surface area is 91.2 Å². The first-order valence-electron chi connectivity index (χ1n) is 6.14. The number of aliphatic carboxylic acids is 1. The average molecular weight is 211 g/mol. The first-order valence-corrected chi connectivity index (χ1v) is 6.14. The minimum Gasteiger partial charge on any atom is -0.480 e. The van der Waals surface area contributed by atoms with Crippen molar-refractivity contribution in [1.82, 2.24) is 5.32 Å². The number of hydrogen-bond acceptors (Lipinski definition) is 2. The SMILES string of the molecule is CC1CCCC(C2CCNC2C(=O)O)C1. The Morgan fingerprint density at radius 2 is 2.13 bits per heavy atom. The van der Waals surface area contributed by atoms with Crippen molar-refractivity contribution in [1.29, 1.82) is 0 Å². The summed E-state index contributed by atoms with van der Waals surface area (Å²) in [5.74, 6) is 1.16. The minimum atomic E-state index is -0.657. The molecular formula is C12H21NO2. The van der Waals surface area contributed by atoms with Gasteiger partial charge in [0.1, 0.15) is 6.04 Å². The second kappa shape index (κ2) is 4.52. The Balaban J connectivity index is 1.99. The molecule has 1 aliphatic carbocycles. The fourth-order valence-corrected chi connectivity index (χ4v) is 3.37. The molecule has 2 fully saturated rings. The molecule has 1 saturated carbocycles. The van der Waals surface area contributed by atoms with Gasteiger partial charge in [0.2, 0.25) is 0 Å². The van der Waals surface area contributed by atoms with Crippen molar-refractivity contribution in [2.24, 2.45) is 17.8 Å². The van der Waals surface area contributed by atoms with Crippen LogP contribution in [0, 0.1) is 17.8 Å². The normalized spacial score (nSPS) is 41.7. The summed E-state index contributed by atoms with van der Waals surface area (Å²) in [6.45, 7) is 3.18. The van der Waals surface area contributed by atoms with Gasteiger partial charge in [-0.05, 0) is 37.1 Å². The zero-order chi connectivity index (χ0) is 10.8. The maximum Gasteiger partial charge on any atom is 0.320 e. The van der Waals surface area contributed by atoms with Crippen LogP contribution in [-0.2, 0) is 4.79 Å². The third-order valence-electron chi connectivity index (χ3n) is 4.12. The number of carboxylic acid groups (broad SMARTS) is 1. The number of carboxylic acids is 1. The van der Waals surface area contributed by atoms with E-state index in [1.807, 2.05) is 0 Å². The van der Waals surface area contributed by atoms with Gasteiger partial charge in [0.15, 0.2) is 0 Å². The van der Waals surface area contributed by atoms with Crippen molar-refractivity contribution in [3.8, 4) is 0 Å². The molecule has 2 N–H and O–H groups in total. The lowest BCUT2D eigenvalue weighted by molar-refractivity contribution is -0.140. The lowest BCUT2D eigenvalue weighted by Crippen LogP contribution is -2.39. The Morgan fingerprint density at radius 1 is 1.33 bits per heavy atom. The van der Waals surface area contributed by atoms with E-state index < -0.39 is 5.97 Å². The van der Waals surface area contributed by atoms with Crippen LogP contribution in [0.15, 0.2) is 0 Å². The maximum atomic E-state index is 11.1. The third kappa shape index (κ3) is 2.33. The second-order valence-electron chi connectivity index (χ2n) is 5.25. The van der Waals surface area contributed by atoms with Crippen LogP contribution in [0.2, 0.25) is 0 Å². The van der Waals surface area contributed by atoms with E-state index in [-0.39, 0.29) is 6.04 Å². The zero-order valence-electron chi connectivity index (χ0n) is 9.41. The van der Waals surface area contributed by atoms with Gasteiger partial charge < -0.3 is 10.4 Å². The molecule has 1 heterocycles. The average Bonchev–Trinajstić information content (AvgIpc) is 2.65. The van der Waals surface area contributed by atoms with Crippen molar-refractivity contribution < 1.29 is 9.90 Å². The largest absolute Gasteiger partial charge is 0.480 e. The fourth-order valence-electron chi connectivity index (χ4n) is 3.37. The van der Waals surface area contributed by atoms with E-state index in [0.29, 0.717) is 11.8 Å². The zero-order valence-corrected chi connectivity index (χ0v) is 9.41. The van der Waals surface area contributed by atoms with E-state index in [9.17, 15) is 4.79 Å². The highest BCUT2D eigenvalue weighted by Crippen LogP contribution is 2.38. The molecule has 4 unspecified atom stereocenters. The van der Waals surface area contributed by atoms with Crippen LogP contribution in [0.1, 0.15) is 39.0 Å². The van der Waals surface area contributed by atoms with Crippen molar-refractivity contribution in [2.45, 2.75) is 45.1 Å². The van der Waals surface area contributed by atoms with Gasteiger partial charge in [-0.15, -0.1) is 0 Å². The van der Waals surface area contributed by atoms with Gasteiger partial charge in [0.25, 0.3) is 0 Å². The van der Waals surface area contributed by atoms with E-state index in [1.54, 1.807) is 0 Å². The van der Waals surface area contributed by atoms with Crippen LogP contribution in [-0.4, -0.2) is 23.7 Å². The summed E-state index contributed by atoms with van der Waals surface area (Å²) in [6.07, 6.45) is 6.13. The van der Waals surface area contributed by atoms with Crippen LogP contribution >= 0.6 is 0 Å². The Morgan fingerprint density at radius 3 is 2.80 bits per heavy atom. The highest BCUT2D eigenvalue weighted by Gasteiger charge is 2.38. The van der Waals surface area contributed by atoms with Gasteiger partial charge >= 0.3 is 5.97 Å². The molecule has 0 spiro atoms. The molecule has 15 heavy (non-hydrogen) atoms. The topological polar surface area (TPSA) is 49.3 Å². The fraction of sp³-hybridized carbons (Fsp3) is 0.917. The number of nitrogens with one attached hydrogen (secondary N) is 1. The molecule has 2 aliphatic rings. The Kier molecular flexibility index (Phi) is 3.29. The minimum absolute atomic E-state index is 0.278. The van der Waals surface area contributed by atoms with Crippen molar-refractivity contribution >= 4 is 5.97 Å². The molecule has 3 heteroatoms. The van der Waals surface area contributed by atoms with Gasteiger partial charge in [0, 0.05) is 0 Å². The van der Waals surface area contributed by atoms with Crippen LogP contribution in [0.4, 0.5) is 0 Å². The molecule has 1 aliphatic heterocycles. The summed E-state index contributed by atoms with van der Waals surface area (Å²) < 4.78 is 0. The highest BCUT2D eigenvalue weighted by molar-refractivity contribution is 5.74. The molecule has 0 aromatic heterocycles. The molecule has 0 radical (unpaired) electrons. The van der Waals surface area contributed by atoms with Crippen LogP contribution in [0.3, 0.4) is 0 Å². The summed E-state index contributed by atoms with van der Waals surface area (Å²) in [4.78, 5) is 11.1.